The normalized spacial score (nSPS) is 11.9. The van der Waals surface area contributed by atoms with E-state index in [4.69, 9.17) is 4.74 Å². The Morgan fingerprint density at radius 1 is 1.03 bits per heavy atom. The van der Waals surface area contributed by atoms with Crippen LogP contribution >= 0.6 is 0 Å². The molecule has 0 saturated heterocycles. The van der Waals surface area contributed by atoms with E-state index >= 15 is 0 Å². The fourth-order valence-electron chi connectivity index (χ4n) is 3.85. The molecule has 10 heteroatoms. The van der Waals surface area contributed by atoms with Crippen LogP contribution in [0, 0.1) is 0 Å². The van der Waals surface area contributed by atoms with Crippen LogP contribution in [0.25, 0.3) is 38.6 Å². The highest BCUT2D eigenvalue weighted by Crippen LogP contribution is 2.31. The second-order valence-corrected chi connectivity index (χ2v) is 7.68. The predicted octanol–water partition coefficient (Wildman–Crippen LogP) is 4.75. The number of nitrogens with zero attached hydrogens (tertiary/aromatic N) is 5. The van der Waals surface area contributed by atoms with Crippen LogP contribution in [0.3, 0.4) is 0 Å². The van der Waals surface area contributed by atoms with Crippen molar-refractivity contribution in [1.29, 1.82) is 0 Å². The van der Waals surface area contributed by atoms with Gasteiger partial charge in [0.05, 0.1) is 23.2 Å². The van der Waals surface area contributed by atoms with Gasteiger partial charge in [0.2, 0.25) is 5.88 Å². The second-order valence-electron chi connectivity index (χ2n) is 7.68. The molecule has 0 aliphatic carbocycles. The zero-order chi connectivity index (χ0) is 24.0. The van der Waals surface area contributed by atoms with Gasteiger partial charge >= 0.3 is 6.18 Å². The number of alkyl halides is 3. The van der Waals surface area contributed by atoms with Gasteiger partial charge in [-0.2, -0.15) is 18.3 Å². The van der Waals surface area contributed by atoms with E-state index in [2.05, 4.69) is 15.1 Å². The number of rotatable bonds is 4. The maximum absolute atomic E-state index is 13.7. The van der Waals surface area contributed by atoms with Gasteiger partial charge < -0.3 is 4.74 Å². The number of aryl methyl sites for hydroxylation is 1. The number of hydrogen-bond donors (Lipinski definition) is 0. The molecule has 0 amide bonds. The lowest BCUT2D eigenvalue weighted by Crippen LogP contribution is -2.20. The summed E-state index contributed by atoms with van der Waals surface area (Å²) in [5, 5.41) is 5.80. The molecule has 0 aliphatic rings. The van der Waals surface area contributed by atoms with E-state index in [0.29, 0.717) is 29.1 Å². The van der Waals surface area contributed by atoms with Gasteiger partial charge in [-0.3, -0.25) is 19.0 Å². The third kappa shape index (κ3) is 3.76. The summed E-state index contributed by atoms with van der Waals surface area (Å²) < 4.78 is 47.7. The molecule has 172 valence electrons. The van der Waals surface area contributed by atoms with Crippen LogP contribution in [-0.4, -0.2) is 30.9 Å². The number of aromatic nitrogens is 5. The Hall–Kier alpha value is -4.21. The lowest BCUT2D eigenvalue weighted by molar-refractivity contribution is -0.141. The molecule has 5 aromatic rings. The van der Waals surface area contributed by atoms with Crippen LogP contribution in [0.5, 0.6) is 5.88 Å². The molecule has 0 bridgehead atoms. The van der Waals surface area contributed by atoms with E-state index in [1.165, 1.54) is 10.6 Å². The predicted molar refractivity (Wildman–Crippen MR) is 121 cm³/mol. The van der Waals surface area contributed by atoms with Gasteiger partial charge in [-0.15, -0.1) is 0 Å². The van der Waals surface area contributed by atoms with Crippen LogP contribution in [-0.2, 0) is 13.2 Å². The zero-order valence-electron chi connectivity index (χ0n) is 18.2. The molecule has 4 heterocycles. The molecule has 0 atom stereocenters. The SMILES string of the molecule is CCOc1ccc2cn(-c3ccc4nn(C)cc4c3)c(=O)c(-c3ccc(C(F)(F)F)nc3)c2n1. The molecule has 34 heavy (non-hydrogen) atoms. The highest BCUT2D eigenvalue weighted by molar-refractivity contribution is 5.93. The van der Waals surface area contributed by atoms with Gasteiger partial charge in [0, 0.05) is 53.7 Å². The Morgan fingerprint density at radius 2 is 1.85 bits per heavy atom. The van der Waals surface area contributed by atoms with Gasteiger partial charge in [-0.05, 0) is 37.3 Å². The Balaban J connectivity index is 1.77. The summed E-state index contributed by atoms with van der Waals surface area (Å²) in [6, 6.07) is 10.9. The first kappa shape index (κ1) is 21.6. The summed E-state index contributed by atoms with van der Waals surface area (Å²) in [6.45, 7) is 2.18. The number of hydrogen-bond acceptors (Lipinski definition) is 5. The highest BCUT2D eigenvalue weighted by atomic mass is 19.4. The van der Waals surface area contributed by atoms with Crippen molar-refractivity contribution in [1.82, 2.24) is 24.3 Å². The molecular weight excluding hydrogens is 447 g/mol. The second kappa shape index (κ2) is 7.98. The van der Waals surface area contributed by atoms with Crippen molar-refractivity contribution in [3.8, 4) is 22.7 Å². The third-order valence-electron chi connectivity index (χ3n) is 5.35. The number of pyridine rings is 3. The summed E-state index contributed by atoms with van der Waals surface area (Å²) in [6.07, 6.45) is -0.0554. The summed E-state index contributed by atoms with van der Waals surface area (Å²) in [4.78, 5) is 21.7. The van der Waals surface area contributed by atoms with E-state index in [1.54, 1.807) is 49.1 Å². The van der Waals surface area contributed by atoms with Crippen molar-refractivity contribution in [3.63, 3.8) is 0 Å². The summed E-state index contributed by atoms with van der Waals surface area (Å²) in [7, 11) is 1.80. The standard InChI is InChI=1S/C24H18F3N5O2/c1-3-34-20-9-5-15-13-32(17-6-7-18-16(10-17)12-31(2)30-18)23(33)21(22(15)29-20)14-4-8-19(28-11-14)24(25,26)27/h4-13H,3H2,1-2H3. The van der Waals surface area contributed by atoms with Crippen molar-refractivity contribution < 1.29 is 17.9 Å². The zero-order valence-corrected chi connectivity index (χ0v) is 18.2. The Labute approximate surface area is 191 Å². The molecule has 4 aromatic heterocycles. The molecule has 0 saturated carbocycles. The topological polar surface area (TPSA) is 74.8 Å². The maximum Gasteiger partial charge on any atom is 0.433 e. The van der Waals surface area contributed by atoms with Crippen molar-refractivity contribution >= 4 is 21.8 Å². The average molecular weight is 465 g/mol. The number of ether oxygens (including phenoxy) is 1. The quantitative estimate of drug-likeness (QED) is 0.383. The summed E-state index contributed by atoms with van der Waals surface area (Å²) in [5.41, 5.74) is 0.543. The fraction of sp³-hybridized carbons (Fsp3) is 0.167. The van der Waals surface area contributed by atoms with Crippen LogP contribution in [0.1, 0.15) is 12.6 Å². The van der Waals surface area contributed by atoms with Gasteiger partial charge in [-0.25, -0.2) is 4.98 Å². The smallest absolute Gasteiger partial charge is 0.433 e. The number of halogens is 3. The largest absolute Gasteiger partial charge is 0.478 e. The molecule has 0 N–H and O–H groups in total. The van der Waals surface area contributed by atoms with Crippen LogP contribution < -0.4 is 10.3 Å². The highest BCUT2D eigenvalue weighted by Gasteiger charge is 2.32. The summed E-state index contributed by atoms with van der Waals surface area (Å²) in [5.74, 6) is 0.310. The Kier molecular flexibility index (Phi) is 5.07. The minimum Gasteiger partial charge on any atom is -0.478 e. The van der Waals surface area contributed by atoms with E-state index < -0.39 is 17.4 Å². The molecular formula is C24H18F3N5O2. The van der Waals surface area contributed by atoms with Crippen molar-refractivity contribution in [2.45, 2.75) is 13.1 Å². The fourth-order valence-corrected chi connectivity index (χ4v) is 3.85. The molecule has 0 radical (unpaired) electrons. The molecule has 7 nitrogen and oxygen atoms in total. The van der Waals surface area contributed by atoms with Crippen molar-refractivity contribution in [3.05, 3.63) is 77.1 Å². The van der Waals surface area contributed by atoms with Crippen LogP contribution in [0.15, 0.2) is 65.8 Å². The van der Waals surface area contributed by atoms with Gasteiger partial charge in [0.1, 0.15) is 5.69 Å². The number of benzene rings is 1. The first-order valence-electron chi connectivity index (χ1n) is 10.4. The summed E-state index contributed by atoms with van der Waals surface area (Å²) >= 11 is 0. The third-order valence-corrected chi connectivity index (χ3v) is 5.35. The van der Waals surface area contributed by atoms with Gasteiger partial charge in [-0.1, -0.05) is 6.07 Å². The van der Waals surface area contributed by atoms with Crippen LogP contribution in [0.4, 0.5) is 13.2 Å². The molecule has 0 spiro atoms. The van der Waals surface area contributed by atoms with Gasteiger partial charge in [0.25, 0.3) is 5.56 Å². The van der Waals surface area contributed by atoms with Crippen molar-refractivity contribution in [2.75, 3.05) is 6.61 Å². The van der Waals surface area contributed by atoms with E-state index in [0.717, 1.165) is 23.2 Å². The molecule has 0 unspecified atom stereocenters. The average Bonchev–Trinajstić information content (AvgIpc) is 3.17. The first-order chi connectivity index (χ1) is 16.2. The minimum atomic E-state index is -4.59. The molecule has 0 aliphatic heterocycles. The molecule has 5 rings (SSSR count). The Bertz CT molecular complexity index is 1590. The molecule has 0 fully saturated rings. The van der Waals surface area contributed by atoms with E-state index in [9.17, 15) is 18.0 Å². The monoisotopic (exact) mass is 465 g/mol. The van der Waals surface area contributed by atoms with Gasteiger partial charge in [0.15, 0.2) is 0 Å². The maximum atomic E-state index is 13.7. The lowest BCUT2D eigenvalue weighted by atomic mass is 10.0. The van der Waals surface area contributed by atoms with E-state index in [-0.39, 0.29) is 11.1 Å². The Morgan fingerprint density at radius 3 is 2.56 bits per heavy atom. The minimum absolute atomic E-state index is 0.131. The van der Waals surface area contributed by atoms with E-state index in [1.807, 2.05) is 12.3 Å². The van der Waals surface area contributed by atoms with Crippen molar-refractivity contribution in [2.24, 2.45) is 7.05 Å². The first-order valence-corrected chi connectivity index (χ1v) is 10.4. The lowest BCUT2D eigenvalue weighted by Gasteiger charge is -2.13. The molecule has 1 aromatic carbocycles. The number of fused-ring (bicyclic) bond motifs is 2. The van der Waals surface area contributed by atoms with Crippen LogP contribution in [0.2, 0.25) is 0 Å².